The quantitative estimate of drug-likeness (QED) is 0.808. The SMILES string of the molecule is O=C1NC2(CCCCC2)C(=O)N1CN1CCC(CCc2ccccc2)CC1. The number of likely N-dealkylation sites (tertiary alicyclic amines) is 1. The number of rotatable bonds is 5. The molecule has 0 atom stereocenters. The van der Waals surface area contributed by atoms with Gasteiger partial charge in [-0.05, 0) is 50.0 Å². The van der Waals surface area contributed by atoms with Crippen LogP contribution in [-0.2, 0) is 11.2 Å². The van der Waals surface area contributed by atoms with Gasteiger partial charge in [-0.15, -0.1) is 0 Å². The van der Waals surface area contributed by atoms with E-state index in [1.807, 2.05) is 0 Å². The lowest BCUT2D eigenvalue weighted by Gasteiger charge is -2.34. The van der Waals surface area contributed by atoms with E-state index in [1.54, 1.807) is 0 Å². The van der Waals surface area contributed by atoms with Crippen LogP contribution in [0.5, 0.6) is 0 Å². The molecule has 1 N–H and O–H groups in total. The molecule has 3 amide bonds. The van der Waals surface area contributed by atoms with Crippen LogP contribution in [0.1, 0.15) is 56.9 Å². The summed E-state index contributed by atoms with van der Waals surface area (Å²) in [5.74, 6) is 0.757. The zero-order valence-electron chi connectivity index (χ0n) is 16.2. The molecular formula is C22H31N3O2. The number of hydrogen-bond donors (Lipinski definition) is 1. The second kappa shape index (κ2) is 8.01. The summed E-state index contributed by atoms with van der Waals surface area (Å²) in [4.78, 5) is 29.1. The van der Waals surface area contributed by atoms with Crippen molar-refractivity contribution in [2.24, 2.45) is 5.92 Å². The van der Waals surface area contributed by atoms with E-state index in [-0.39, 0.29) is 11.9 Å². The Morgan fingerprint density at radius 1 is 1.00 bits per heavy atom. The molecule has 4 rings (SSSR count). The van der Waals surface area contributed by atoms with Gasteiger partial charge in [-0.25, -0.2) is 9.69 Å². The number of hydrogen-bond acceptors (Lipinski definition) is 3. The van der Waals surface area contributed by atoms with Crippen LogP contribution >= 0.6 is 0 Å². The van der Waals surface area contributed by atoms with Crippen LogP contribution in [0.15, 0.2) is 30.3 Å². The van der Waals surface area contributed by atoms with Crippen molar-refractivity contribution >= 4 is 11.9 Å². The van der Waals surface area contributed by atoms with Gasteiger partial charge >= 0.3 is 6.03 Å². The van der Waals surface area contributed by atoms with Crippen molar-refractivity contribution in [3.05, 3.63) is 35.9 Å². The third kappa shape index (κ3) is 4.03. The number of nitrogens with zero attached hydrogens (tertiary/aromatic N) is 2. The molecule has 5 nitrogen and oxygen atoms in total. The van der Waals surface area contributed by atoms with Crippen molar-refractivity contribution in [1.29, 1.82) is 0 Å². The van der Waals surface area contributed by atoms with Crippen LogP contribution in [0.2, 0.25) is 0 Å². The Hall–Kier alpha value is -1.88. The molecule has 1 aliphatic carbocycles. The lowest BCUT2D eigenvalue weighted by atomic mass is 9.82. The number of piperidine rings is 1. The van der Waals surface area contributed by atoms with Crippen molar-refractivity contribution in [3.8, 4) is 0 Å². The lowest BCUT2D eigenvalue weighted by Crippen LogP contribution is -2.49. The zero-order chi connectivity index (χ0) is 18.7. The van der Waals surface area contributed by atoms with Crippen LogP contribution < -0.4 is 5.32 Å². The number of nitrogens with one attached hydrogen (secondary N) is 1. The summed E-state index contributed by atoms with van der Waals surface area (Å²) in [6, 6.07) is 10.5. The maximum absolute atomic E-state index is 12.9. The summed E-state index contributed by atoms with van der Waals surface area (Å²) in [7, 11) is 0. The van der Waals surface area contributed by atoms with Crippen molar-refractivity contribution < 1.29 is 9.59 Å². The van der Waals surface area contributed by atoms with Gasteiger partial charge in [0.05, 0.1) is 6.67 Å². The molecule has 0 bridgehead atoms. The Kier molecular flexibility index (Phi) is 5.48. The van der Waals surface area contributed by atoms with E-state index >= 15 is 0 Å². The van der Waals surface area contributed by atoms with Crippen molar-refractivity contribution in [1.82, 2.24) is 15.1 Å². The molecule has 1 aromatic rings. The smallest absolute Gasteiger partial charge is 0.323 e. The third-order valence-corrected chi connectivity index (χ3v) is 6.69. The van der Waals surface area contributed by atoms with E-state index in [1.165, 1.54) is 23.3 Å². The second-order valence-corrected chi connectivity index (χ2v) is 8.53. The molecule has 0 aromatic heterocycles. The first kappa shape index (κ1) is 18.5. The highest BCUT2D eigenvalue weighted by Gasteiger charge is 2.51. The molecule has 3 aliphatic rings. The summed E-state index contributed by atoms with van der Waals surface area (Å²) in [5, 5.41) is 3.02. The highest BCUT2D eigenvalue weighted by atomic mass is 16.2. The highest BCUT2D eigenvalue weighted by molar-refractivity contribution is 6.07. The van der Waals surface area contributed by atoms with Gasteiger partial charge < -0.3 is 5.32 Å². The first-order valence-corrected chi connectivity index (χ1v) is 10.6. The fourth-order valence-corrected chi connectivity index (χ4v) is 4.93. The van der Waals surface area contributed by atoms with Crippen LogP contribution in [0.4, 0.5) is 4.79 Å². The Labute approximate surface area is 162 Å². The number of amides is 3. The van der Waals surface area contributed by atoms with E-state index in [2.05, 4.69) is 40.5 Å². The predicted molar refractivity (Wildman–Crippen MR) is 105 cm³/mol. The van der Waals surface area contributed by atoms with E-state index in [0.717, 1.165) is 64.0 Å². The van der Waals surface area contributed by atoms with E-state index in [4.69, 9.17) is 0 Å². The Morgan fingerprint density at radius 2 is 1.70 bits per heavy atom. The fraction of sp³-hybridized carbons (Fsp3) is 0.636. The topological polar surface area (TPSA) is 52.7 Å². The van der Waals surface area contributed by atoms with Crippen molar-refractivity contribution in [2.45, 2.75) is 63.3 Å². The first-order chi connectivity index (χ1) is 13.2. The van der Waals surface area contributed by atoms with Gasteiger partial charge in [0.1, 0.15) is 5.54 Å². The highest BCUT2D eigenvalue weighted by Crippen LogP contribution is 2.34. The van der Waals surface area contributed by atoms with Crippen LogP contribution in [0, 0.1) is 5.92 Å². The molecular weight excluding hydrogens is 338 g/mol. The lowest BCUT2D eigenvalue weighted by molar-refractivity contribution is -0.134. The van der Waals surface area contributed by atoms with Crippen molar-refractivity contribution in [3.63, 3.8) is 0 Å². The zero-order valence-corrected chi connectivity index (χ0v) is 16.2. The van der Waals surface area contributed by atoms with E-state index in [0.29, 0.717) is 6.67 Å². The van der Waals surface area contributed by atoms with Gasteiger partial charge in [0.25, 0.3) is 5.91 Å². The van der Waals surface area contributed by atoms with E-state index < -0.39 is 5.54 Å². The van der Waals surface area contributed by atoms with Crippen LogP contribution in [0.3, 0.4) is 0 Å². The molecule has 1 spiro atoms. The monoisotopic (exact) mass is 369 g/mol. The molecule has 3 fully saturated rings. The number of imide groups is 1. The van der Waals surface area contributed by atoms with Gasteiger partial charge in [0.2, 0.25) is 0 Å². The summed E-state index contributed by atoms with van der Waals surface area (Å²) in [5.41, 5.74) is 0.820. The molecule has 0 unspecified atom stereocenters. The number of benzene rings is 1. The summed E-state index contributed by atoms with van der Waals surface area (Å²) >= 11 is 0. The average Bonchev–Trinajstić information content (AvgIpc) is 2.93. The fourth-order valence-electron chi connectivity index (χ4n) is 4.93. The predicted octanol–water partition coefficient (Wildman–Crippen LogP) is 3.54. The Morgan fingerprint density at radius 3 is 2.41 bits per heavy atom. The van der Waals surface area contributed by atoms with Crippen LogP contribution in [0.25, 0.3) is 0 Å². The summed E-state index contributed by atoms with van der Waals surface area (Å²) < 4.78 is 0. The van der Waals surface area contributed by atoms with Gasteiger partial charge in [-0.3, -0.25) is 9.69 Å². The maximum atomic E-state index is 12.9. The Balaban J connectivity index is 1.25. The van der Waals surface area contributed by atoms with Gasteiger partial charge in [0, 0.05) is 13.1 Å². The maximum Gasteiger partial charge on any atom is 0.326 e. The van der Waals surface area contributed by atoms with Crippen LogP contribution in [-0.4, -0.2) is 47.0 Å². The number of urea groups is 1. The molecule has 2 aliphatic heterocycles. The number of carbonyl (C=O) groups is 2. The Bertz CT molecular complexity index is 661. The molecule has 5 heteroatoms. The summed E-state index contributed by atoms with van der Waals surface area (Å²) in [6.07, 6.45) is 9.51. The molecule has 0 radical (unpaired) electrons. The minimum Gasteiger partial charge on any atom is -0.323 e. The summed E-state index contributed by atoms with van der Waals surface area (Å²) in [6.45, 7) is 2.41. The van der Waals surface area contributed by atoms with Gasteiger partial charge in [0.15, 0.2) is 0 Å². The molecule has 2 saturated heterocycles. The minimum atomic E-state index is -0.594. The molecule has 1 aromatic carbocycles. The minimum absolute atomic E-state index is 0.0124. The molecule has 27 heavy (non-hydrogen) atoms. The van der Waals surface area contributed by atoms with E-state index in [9.17, 15) is 9.59 Å². The van der Waals surface area contributed by atoms with Gasteiger partial charge in [-0.2, -0.15) is 0 Å². The first-order valence-electron chi connectivity index (χ1n) is 10.6. The van der Waals surface area contributed by atoms with Crippen molar-refractivity contribution in [2.75, 3.05) is 19.8 Å². The molecule has 2 heterocycles. The molecule has 146 valence electrons. The van der Waals surface area contributed by atoms with Gasteiger partial charge in [-0.1, -0.05) is 49.6 Å². The third-order valence-electron chi connectivity index (χ3n) is 6.69. The number of carbonyl (C=O) groups excluding carboxylic acids is 2. The standard InChI is InChI=1S/C22H31N3O2/c26-20-22(13-5-2-6-14-22)23-21(27)25(20)17-24-15-11-19(12-16-24)10-9-18-7-3-1-4-8-18/h1,3-4,7-8,19H,2,5-6,9-17H2,(H,23,27). The largest absolute Gasteiger partial charge is 0.326 e. The second-order valence-electron chi connectivity index (χ2n) is 8.53. The number of aryl methyl sites for hydroxylation is 1. The normalized spacial score (nSPS) is 23.8. The molecule has 1 saturated carbocycles. The average molecular weight is 370 g/mol.